The molecule has 0 bridgehead atoms. The number of aromatic amines is 1. The first-order valence-electron chi connectivity index (χ1n) is 15.4. The molecular weight excluding hydrogens is 574 g/mol. The Balaban J connectivity index is 1.42. The molecule has 0 aliphatic carbocycles. The molecule has 3 unspecified atom stereocenters. The maximum atomic E-state index is 12.5. The van der Waals surface area contributed by atoms with Crippen LogP contribution in [0.3, 0.4) is 0 Å². The number of imidazole rings is 1. The number of nitrogens with one attached hydrogen (secondary N) is 3. The summed E-state index contributed by atoms with van der Waals surface area (Å²) in [5, 5.41) is 16.1. The van der Waals surface area contributed by atoms with Crippen molar-refractivity contribution >= 4 is 18.0 Å². The van der Waals surface area contributed by atoms with Gasteiger partial charge >= 0.3 is 12.2 Å². The van der Waals surface area contributed by atoms with Crippen LogP contribution in [0.5, 0.6) is 0 Å². The van der Waals surface area contributed by atoms with Gasteiger partial charge in [-0.05, 0) is 43.4 Å². The number of aliphatic hydroxyl groups excluding tert-OH is 1. The van der Waals surface area contributed by atoms with Crippen LogP contribution < -0.4 is 10.6 Å². The molecule has 45 heavy (non-hydrogen) atoms. The molecule has 11 heteroatoms. The van der Waals surface area contributed by atoms with Gasteiger partial charge in [0.05, 0.1) is 38.1 Å². The number of rotatable bonds is 11. The van der Waals surface area contributed by atoms with Crippen LogP contribution in [0.4, 0.5) is 9.59 Å². The van der Waals surface area contributed by atoms with E-state index < -0.39 is 17.8 Å². The Morgan fingerprint density at radius 3 is 2.22 bits per heavy atom. The van der Waals surface area contributed by atoms with Gasteiger partial charge in [-0.1, -0.05) is 62.4 Å². The number of aromatic nitrogens is 2. The molecule has 1 fully saturated rings. The highest BCUT2D eigenvalue weighted by Gasteiger charge is 2.46. The Bertz CT molecular complexity index is 1460. The van der Waals surface area contributed by atoms with E-state index in [1.165, 1.54) is 7.11 Å². The first-order valence-corrected chi connectivity index (χ1v) is 15.4. The van der Waals surface area contributed by atoms with Crippen molar-refractivity contribution < 1.29 is 33.4 Å². The Kier molecular flexibility index (Phi) is 10.7. The van der Waals surface area contributed by atoms with E-state index in [1.807, 2.05) is 42.6 Å². The number of likely N-dealkylation sites (tertiary alicyclic amines) is 1. The van der Waals surface area contributed by atoms with Crippen molar-refractivity contribution in [3.8, 4) is 22.4 Å². The molecule has 4 rings (SSSR count). The standard InChI is InChI=1S/C34H45N5O6/c1-22(2)28(38-33(43)44-6)20-39(21-40)17-7-8-29(39)31-35-18-27(37-31)25-13-9-23(10-14-25)24-11-15-26(16-12-24)30(41)19-36-32(42)45-34(3,4)5/h9-16,18,22,28-29,40H,7-8,17,19-21H2,1-6H3,(H2-,35,36,37,38,41,42,43)/p+1. The van der Waals surface area contributed by atoms with Gasteiger partial charge in [0.2, 0.25) is 0 Å². The maximum Gasteiger partial charge on any atom is 0.408 e. The number of Topliss-reactive ketones (excluding diaryl/α,β-unsaturated/α-hetero) is 1. The summed E-state index contributed by atoms with van der Waals surface area (Å²) >= 11 is 0. The van der Waals surface area contributed by atoms with Gasteiger partial charge in [-0.3, -0.25) is 9.28 Å². The largest absolute Gasteiger partial charge is 0.453 e. The number of quaternary nitrogens is 1. The van der Waals surface area contributed by atoms with Crippen molar-refractivity contribution in [1.82, 2.24) is 20.6 Å². The third-order valence-corrected chi connectivity index (χ3v) is 8.32. The van der Waals surface area contributed by atoms with Crippen molar-refractivity contribution in [2.24, 2.45) is 5.92 Å². The normalized spacial score (nSPS) is 18.8. The molecule has 0 spiro atoms. The third-order valence-electron chi connectivity index (χ3n) is 8.32. The number of H-pyrrole nitrogens is 1. The molecule has 1 aromatic heterocycles. The molecule has 242 valence electrons. The third kappa shape index (κ3) is 8.49. The predicted molar refractivity (Wildman–Crippen MR) is 171 cm³/mol. The molecule has 1 aliphatic rings. The second-order valence-electron chi connectivity index (χ2n) is 13.0. The summed E-state index contributed by atoms with van der Waals surface area (Å²) in [4.78, 5) is 44.6. The maximum absolute atomic E-state index is 12.5. The van der Waals surface area contributed by atoms with Crippen molar-refractivity contribution in [3.63, 3.8) is 0 Å². The van der Waals surface area contributed by atoms with Gasteiger partial charge in [0, 0.05) is 18.4 Å². The van der Waals surface area contributed by atoms with Crippen LogP contribution in [0, 0.1) is 5.92 Å². The minimum absolute atomic E-state index is 0.0238. The monoisotopic (exact) mass is 620 g/mol. The number of ether oxygens (including phenoxy) is 2. The number of nitrogens with zero attached hydrogens (tertiary/aromatic N) is 2. The fraction of sp³-hybridized carbons (Fsp3) is 0.471. The summed E-state index contributed by atoms with van der Waals surface area (Å²) < 4.78 is 10.4. The van der Waals surface area contributed by atoms with Gasteiger partial charge in [0.15, 0.2) is 18.3 Å². The lowest BCUT2D eigenvalue weighted by molar-refractivity contribution is -0.963. The van der Waals surface area contributed by atoms with Gasteiger partial charge in [0.25, 0.3) is 0 Å². The van der Waals surface area contributed by atoms with Crippen molar-refractivity contribution in [3.05, 3.63) is 66.1 Å². The van der Waals surface area contributed by atoms with Gasteiger partial charge < -0.3 is 30.2 Å². The SMILES string of the molecule is COC(=O)NC(C[N+]1(CO)CCCC1c1ncc(-c2ccc(-c3ccc(C(=O)CNC(=O)OC(C)(C)C)cc3)cc2)[nH]1)C(C)C. The van der Waals surface area contributed by atoms with Crippen LogP contribution in [-0.2, 0) is 9.47 Å². The summed E-state index contributed by atoms with van der Waals surface area (Å²) in [6.45, 7) is 10.6. The average molecular weight is 621 g/mol. The minimum atomic E-state index is -0.631. The van der Waals surface area contributed by atoms with Crippen LogP contribution in [0.1, 0.15) is 69.7 Å². The number of carbonyl (C=O) groups is 3. The number of benzene rings is 2. The Morgan fingerprint density at radius 1 is 1.02 bits per heavy atom. The number of aliphatic hydroxyl groups is 1. The van der Waals surface area contributed by atoms with E-state index in [4.69, 9.17) is 14.5 Å². The first kappa shape index (κ1) is 33.7. The van der Waals surface area contributed by atoms with E-state index in [-0.39, 0.29) is 37.1 Å². The molecule has 1 saturated heterocycles. The highest BCUT2D eigenvalue weighted by Crippen LogP contribution is 2.39. The van der Waals surface area contributed by atoms with Gasteiger partial charge in [-0.2, -0.15) is 0 Å². The second kappa shape index (κ2) is 14.3. The van der Waals surface area contributed by atoms with E-state index in [9.17, 15) is 19.5 Å². The Labute approximate surface area is 264 Å². The lowest BCUT2D eigenvalue weighted by Gasteiger charge is -2.40. The quantitative estimate of drug-likeness (QED) is 0.165. The van der Waals surface area contributed by atoms with Crippen LogP contribution in [-0.4, -0.2) is 82.6 Å². The number of hydrogen-bond donors (Lipinski definition) is 4. The zero-order valence-electron chi connectivity index (χ0n) is 27.1. The molecule has 2 aromatic carbocycles. The molecule has 4 N–H and O–H groups in total. The van der Waals surface area contributed by atoms with Crippen molar-refractivity contribution in [2.75, 3.05) is 33.5 Å². The molecule has 0 radical (unpaired) electrons. The Hall–Kier alpha value is -4.22. The zero-order valence-corrected chi connectivity index (χ0v) is 27.1. The molecule has 3 aromatic rings. The summed E-state index contributed by atoms with van der Waals surface area (Å²) in [6, 6.07) is 15.2. The lowest BCUT2D eigenvalue weighted by Crippen LogP contribution is -2.57. The van der Waals surface area contributed by atoms with Crippen molar-refractivity contribution in [2.45, 2.75) is 65.1 Å². The number of ketones is 1. The molecule has 1 aliphatic heterocycles. The highest BCUT2D eigenvalue weighted by molar-refractivity contribution is 5.99. The summed E-state index contributed by atoms with van der Waals surface area (Å²) in [5.74, 6) is 0.779. The van der Waals surface area contributed by atoms with Gasteiger partial charge in [0.1, 0.15) is 18.2 Å². The molecular formula is C34H46N5O6+. The second-order valence-corrected chi connectivity index (χ2v) is 13.0. The smallest absolute Gasteiger partial charge is 0.408 e. The van der Waals surface area contributed by atoms with Crippen LogP contribution in [0.2, 0.25) is 0 Å². The fourth-order valence-electron chi connectivity index (χ4n) is 5.81. The fourth-order valence-corrected chi connectivity index (χ4v) is 5.81. The summed E-state index contributed by atoms with van der Waals surface area (Å²) in [5.41, 5.74) is 3.68. The number of methoxy groups -OCH3 is 1. The van der Waals surface area contributed by atoms with Crippen molar-refractivity contribution in [1.29, 1.82) is 0 Å². The summed E-state index contributed by atoms with van der Waals surface area (Å²) in [6.07, 6.45) is 2.56. The van der Waals surface area contributed by atoms with E-state index in [0.29, 0.717) is 16.6 Å². The van der Waals surface area contributed by atoms with Crippen LogP contribution in [0.25, 0.3) is 22.4 Å². The number of amides is 2. The average Bonchev–Trinajstić information content (AvgIpc) is 3.66. The Morgan fingerprint density at radius 2 is 1.64 bits per heavy atom. The molecule has 0 saturated carbocycles. The van der Waals surface area contributed by atoms with E-state index in [0.717, 1.165) is 47.6 Å². The van der Waals surface area contributed by atoms with E-state index in [2.05, 4.69) is 29.5 Å². The lowest BCUT2D eigenvalue weighted by atomic mass is 10.0. The van der Waals surface area contributed by atoms with Gasteiger partial charge in [-0.25, -0.2) is 14.6 Å². The molecule has 11 nitrogen and oxygen atoms in total. The number of carbonyl (C=O) groups excluding carboxylic acids is 3. The molecule has 2 amide bonds. The van der Waals surface area contributed by atoms with E-state index in [1.54, 1.807) is 32.9 Å². The molecule has 3 atom stereocenters. The zero-order chi connectivity index (χ0) is 32.8. The summed E-state index contributed by atoms with van der Waals surface area (Å²) in [7, 11) is 1.35. The topological polar surface area (TPSA) is 143 Å². The minimum Gasteiger partial charge on any atom is -0.453 e. The number of hydrogen-bond acceptors (Lipinski definition) is 7. The first-order chi connectivity index (χ1) is 21.3. The van der Waals surface area contributed by atoms with Crippen LogP contribution in [0.15, 0.2) is 54.7 Å². The van der Waals surface area contributed by atoms with E-state index >= 15 is 0 Å². The van der Waals surface area contributed by atoms with Gasteiger partial charge in [-0.15, -0.1) is 0 Å². The molecule has 2 heterocycles. The highest BCUT2D eigenvalue weighted by atomic mass is 16.6. The number of alkyl carbamates (subject to hydrolysis) is 2. The predicted octanol–water partition coefficient (Wildman–Crippen LogP) is 5.43. The van der Waals surface area contributed by atoms with Crippen LogP contribution >= 0.6 is 0 Å².